The van der Waals surface area contributed by atoms with Crippen molar-refractivity contribution in [3.8, 4) is 0 Å². The molecule has 1 aliphatic heterocycles. The summed E-state index contributed by atoms with van der Waals surface area (Å²) < 4.78 is 44.9. The number of amidine groups is 1. The second-order valence-electron chi connectivity index (χ2n) is 6.04. The highest BCUT2D eigenvalue weighted by molar-refractivity contribution is 7.90. The zero-order valence-corrected chi connectivity index (χ0v) is 16.6. The average Bonchev–Trinajstić information content (AvgIpc) is 2.92. The van der Waals surface area contributed by atoms with Crippen LogP contribution in [0, 0.1) is 5.82 Å². The third-order valence-electron chi connectivity index (χ3n) is 3.88. The molecule has 11 heteroatoms. The summed E-state index contributed by atoms with van der Waals surface area (Å²) in [6.45, 7) is 0.722. The van der Waals surface area contributed by atoms with Gasteiger partial charge in [0.25, 0.3) is 15.9 Å². The third-order valence-corrected chi connectivity index (χ3v) is 5.51. The van der Waals surface area contributed by atoms with Gasteiger partial charge in [0.15, 0.2) is 6.61 Å². The number of ether oxygens (including phenoxy) is 1. The van der Waals surface area contributed by atoms with E-state index in [9.17, 15) is 22.4 Å². The molecule has 0 bridgehead atoms. The highest BCUT2D eigenvalue weighted by Crippen LogP contribution is 2.22. The summed E-state index contributed by atoms with van der Waals surface area (Å²) in [4.78, 5) is 28.1. The first-order valence-corrected chi connectivity index (χ1v) is 10.1. The number of amides is 1. The van der Waals surface area contributed by atoms with Crippen LogP contribution in [-0.4, -0.2) is 38.8 Å². The summed E-state index contributed by atoms with van der Waals surface area (Å²) in [6.07, 6.45) is 0. The Morgan fingerprint density at radius 3 is 2.72 bits per heavy atom. The Balaban J connectivity index is 1.61. The molecule has 1 amide bonds. The number of nitrogens with one attached hydrogen (secondary N) is 2. The Morgan fingerprint density at radius 1 is 1.28 bits per heavy atom. The van der Waals surface area contributed by atoms with Gasteiger partial charge in [-0.25, -0.2) is 17.6 Å². The lowest BCUT2D eigenvalue weighted by molar-refractivity contribution is -0.148. The molecule has 0 saturated carbocycles. The maximum atomic E-state index is 13.7. The van der Waals surface area contributed by atoms with Crippen molar-refractivity contribution in [2.45, 2.75) is 17.9 Å². The van der Waals surface area contributed by atoms with Gasteiger partial charge in [-0.15, -0.1) is 0 Å². The van der Waals surface area contributed by atoms with Crippen LogP contribution < -0.4 is 10.0 Å². The van der Waals surface area contributed by atoms with E-state index in [1.165, 1.54) is 25.1 Å². The van der Waals surface area contributed by atoms with Gasteiger partial charge in [0, 0.05) is 10.6 Å². The summed E-state index contributed by atoms with van der Waals surface area (Å²) in [6, 6.07) is 8.80. The van der Waals surface area contributed by atoms with E-state index in [-0.39, 0.29) is 21.4 Å². The quantitative estimate of drug-likeness (QED) is 0.692. The topological polar surface area (TPSA) is 114 Å². The molecule has 2 aromatic rings. The molecule has 0 aromatic heterocycles. The zero-order chi connectivity index (χ0) is 21.2. The van der Waals surface area contributed by atoms with Crippen molar-refractivity contribution in [2.75, 3.05) is 11.9 Å². The molecular weight excluding hydrogens is 425 g/mol. The molecule has 2 N–H and O–H groups in total. The second kappa shape index (κ2) is 8.18. The Labute approximate surface area is 170 Å². The van der Waals surface area contributed by atoms with Crippen molar-refractivity contribution in [3.05, 3.63) is 58.9 Å². The van der Waals surface area contributed by atoms with Gasteiger partial charge in [-0.1, -0.05) is 23.7 Å². The van der Waals surface area contributed by atoms with E-state index >= 15 is 0 Å². The number of anilines is 1. The van der Waals surface area contributed by atoms with Crippen molar-refractivity contribution in [2.24, 2.45) is 4.99 Å². The van der Waals surface area contributed by atoms with Crippen LogP contribution in [0.1, 0.15) is 12.5 Å². The fourth-order valence-electron chi connectivity index (χ4n) is 2.51. The van der Waals surface area contributed by atoms with E-state index in [1.54, 1.807) is 18.2 Å². The van der Waals surface area contributed by atoms with Gasteiger partial charge in [-0.05, 0) is 37.3 Å². The lowest BCUT2D eigenvalue weighted by Crippen LogP contribution is -2.29. The number of rotatable bonds is 5. The number of aliphatic imine (C=N–C) groups is 1. The molecule has 3 rings (SSSR count). The molecular formula is C18H15ClFN3O5S. The average molecular weight is 440 g/mol. The van der Waals surface area contributed by atoms with Crippen LogP contribution in [0.5, 0.6) is 0 Å². The number of halogens is 2. The number of hydrogen-bond donors (Lipinski definition) is 2. The first-order valence-electron chi connectivity index (χ1n) is 8.29. The molecule has 29 heavy (non-hydrogen) atoms. The number of nitrogens with zero attached hydrogens (tertiary/aromatic N) is 1. The van der Waals surface area contributed by atoms with Crippen LogP contribution in [0.3, 0.4) is 0 Å². The van der Waals surface area contributed by atoms with E-state index in [1.807, 2.05) is 0 Å². The fraction of sp³-hybridized carbons (Fsp3) is 0.167. The lowest BCUT2D eigenvalue weighted by atomic mass is 10.2. The maximum absolute atomic E-state index is 13.7. The first-order chi connectivity index (χ1) is 13.7. The molecule has 1 aliphatic rings. The number of benzene rings is 2. The number of fused-ring (bicyclic) bond motifs is 1. The van der Waals surface area contributed by atoms with E-state index in [4.69, 9.17) is 16.3 Å². The zero-order valence-electron chi connectivity index (χ0n) is 15.0. The van der Waals surface area contributed by atoms with Crippen LogP contribution >= 0.6 is 11.6 Å². The van der Waals surface area contributed by atoms with Crippen molar-refractivity contribution >= 4 is 45.0 Å². The van der Waals surface area contributed by atoms with Gasteiger partial charge in [-0.2, -0.15) is 0 Å². The summed E-state index contributed by atoms with van der Waals surface area (Å²) in [5.74, 6) is -2.33. The molecule has 8 nitrogen and oxygen atoms in total. The normalized spacial score (nSPS) is 16.6. The van der Waals surface area contributed by atoms with E-state index in [0.717, 1.165) is 6.07 Å². The number of sulfonamides is 1. The van der Waals surface area contributed by atoms with E-state index < -0.39 is 40.4 Å². The fourth-order valence-corrected chi connectivity index (χ4v) is 3.91. The minimum Gasteiger partial charge on any atom is -0.454 e. The van der Waals surface area contributed by atoms with E-state index in [2.05, 4.69) is 15.0 Å². The van der Waals surface area contributed by atoms with E-state index in [0.29, 0.717) is 5.56 Å². The number of carbonyl (C=O) groups excluding carboxylic acids is 2. The summed E-state index contributed by atoms with van der Waals surface area (Å²) >= 11 is 5.63. The standard InChI is InChI=1S/C18H15ClFN3O5S/c1-10(21-17-12-4-2-3-5-15(12)29(26,27)23-17)18(25)28-9-16(24)22-14-7-6-11(19)8-13(14)20/h2-8,10H,9H2,1H3,(H,21,23)(H,22,24)/t10-/m1/s1. The van der Waals surface area contributed by atoms with Gasteiger partial charge in [0.1, 0.15) is 17.7 Å². The van der Waals surface area contributed by atoms with Crippen molar-refractivity contribution in [1.29, 1.82) is 0 Å². The number of carbonyl (C=O) groups is 2. The van der Waals surface area contributed by atoms with Gasteiger partial charge < -0.3 is 10.1 Å². The summed E-state index contributed by atoms with van der Waals surface area (Å²) in [5.41, 5.74) is 0.226. The maximum Gasteiger partial charge on any atom is 0.331 e. The molecule has 0 fully saturated rings. The van der Waals surface area contributed by atoms with Crippen molar-refractivity contribution in [1.82, 2.24) is 4.72 Å². The monoisotopic (exact) mass is 439 g/mol. The second-order valence-corrected chi connectivity index (χ2v) is 8.12. The molecule has 0 aliphatic carbocycles. The highest BCUT2D eigenvalue weighted by Gasteiger charge is 2.31. The molecule has 0 saturated heterocycles. The molecule has 1 heterocycles. The predicted molar refractivity (Wildman–Crippen MR) is 104 cm³/mol. The first kappa shape index (κ1) is 20.7. The molecule has 0 radical (unpaired) electrons. The van der Waals surface area contributed by atoms with Crippen LogP contribution in [0.4, 0.5) is 10.1 Å². The Morgan fingerprint density at radius 2 is 2.00 bits per heavy atom. The van der Waals surface area contributed by atoms with Crippen LogP contribution in [0.25, 0.3) is 0 Å². The smallest absolute Gasteiger partial charge is 0.331 e. The molecule has 0 spiro atoms. The Hall–Kier alpha value is -2.98. The minimum atomic E-state index is -3.74. The Bertz CT molecular complexity index is 1120. The largest absolute Gasteiger partial charge is 0.454 e. The predicted octanol–water partition coefficient (Wildman–Crippen LogP) is 2.09. The lowest BCUT2D eigenvalue weighted by Gasteiger charge is -2.10. The molecule has 2 aromatic carbocycles. The van der Waals surface area contributed by atoms with Crippen LogP contribution in [-0.2, 0) is 24.3 Å². The van der Waals surface area contributed by atoms with Gasteiger partial charge in [-0.3, -0.25) is 14.5 Å². The molecule has 152 valence electrons. The van der Waals surface area contributed by atoms with Gasteiger partial charge in [0.05, 0.1) is 10.6 Å². The van der Waals surface area contributed by atoms with Gasteiger partial charge in [0.2, 0.25) is 0 Å². The minimum absolute atomic E-state index is 0.0118. The van der Waals surface area contributed by atoms with Crippen molar-refractivity contribution < 1.29 is 27.1 Å². The van der Waals surface area contributed by atoms with Crippen LogP contribution in [0.15, 0.2) is 52.4 Å². The third kappa shape index (κ3) is 4.72. The SMILES string of the molecule is C[C@@H](N=C1NS(=O)(=O)c2ccccc21)C(=O)OCC(=O)Nc1ccc(Cl)cc1F. The number of esters is 1. The van der Waals surface area contributed by atoms with Crippen LogP contribution in [0.2, 0.25) is 5.02 Å². The Kier molecular flexibility index (Phi) is 5.85. The number of hydrogen-bond acceptors (Lipinski definition) is 6. The highest BCUT2D eigenvalue weighted by atomic mass is 35.5. The summed E-state index contributed by atoms with van der Waals surface area (Å²) in [5, 5.41) is 2.42. The van der Waals surface area contributed by atoms with Crippen molar-refractivity contribution in [3.63, 3.8) is 0 Å². The summed E-state index contributed by atoms with van der Waals surface area (Å²) in [7, 11) is -3.74. The molecule has 1 atom stereocenters. The van der Waals surface area contributed by atoms with Gasteiger partial charge >= 0.3 is 5.97 Å². The molecule has 0 unspecified atom stereocenters.